The summed E-state index contributed by atoms with van der Waals surface area (Å²) in [5, 5.41) is 2.49. The van der Waals surface area contributed by atoms with Gasteiger partial charge in [0.05, 0.1) is 6.04 Å². The van der Waals surface area contributed by atoms with Gasteiger partial charge in [-0.25, -0.2) is 0 Å². The molecule has 94 valence electrons. The molecule has 0 fully saturated rings. The molecular weight excluding hydrogens is 242 g/mol. The van der Waals surface area contributed by atoms with Gasteiger partial charge in [0.1, 0.15) is 6.04 Å². The van der Waals surface area contributed by atoms with Crippen molar-refractivity contribution in [3.05, 3.63) is 35.9 Å². The number of hydrogen-bond acceptors (Lipinski definition) is 3. The fourth-order valence-corrected chi connectivity index (χ4v) is 1.24. The molecule has 0 saturated carbocycles. The standard InChI is InChI=1S/C11H15N3O2.ClH/c1-7(12)11(16)14-9(10(13)15)8-5-3-2-4-6-8;/h2-7,9H,12H2,1H3,(H2,13,15)(H,14,16);1H. The van der Waals surface area contributed by atoms with Crippen molar-refractivity contribution in [1.82, 2.24) is 5.32 Å². The van der Waals surface area contributed by atoms with Crippen LogP contribution in [0.15, 0.2) is 30.3 Å². The van der Waals surface area contributed by atoms with Crippen molar-refractivity contribution in [1.29, 1.82) is 0 Å². The highest BCUT2D eigenvalue weighted by Gasteiger charge is 2.21. The third-order valence-corrected chi connectivity index (χ3v) is 2.12. The second kappa shape index (κ2) is 6.88. The summed E-state index contributed by atoms with van der Waals surface area (Å²) in [7, 11) is 0. The Balaban J connectivity index is 0.00000256. The Labute approximate surface area is 106 Å². The van der Waals surface area contributed by atoms with E-state index in [0.717, 1.165) is 0 Å². The van der Waals surface area contributed by atoms with Gasteiger partial charge in [-0.1, -0.05) is 30.3 Å². The third kappa shape index (κ3) is 4.42. The van der Waals surface area contributed by atoms with Crippen molar-refractivity contribution in [3.63, 3.8) is 0 Å². The molecule has 6 heteroatoms. The first kappa shape index (κ1) is 15.4. The van der Waals surface area contributed by atoms with Gasteiger partial charge < -0.3 is 16.8 Å². The highest BCUT2D eigenvalue weighted by atomic mass is 35.5. The van der Waals surface area contributed by atoms with E-state index < -0.39 is 23.9 Å². The quantitative estimate of drug-likeness (QED) is 0.713. The number of primary amides is 1. The number of amides is 2. The van der Waals surface area contributed by atoms with E-state index in [1.807, 2.05) is 6.07 Å². The number of hydrogen-bond donors (Lipinski definition) is 3. The number of nitrogens with two attached hydrogens (primary N) is 2. The lowest BCUT2D eigenvalue weighted by atomic mass is 10.1. The first-order valence-electron chi connectivity index (χ1n) is 4.92. The fraction of sp³-hybridized carbons (Fsp3) is 0.273. The molecule has 0 spiro atoms. The summed E-state index contributed by atoms with van der Waals surface area (Å²) in [6, 6.07) is 7.28. The summed E-state index contributed by atoms with van der Waals surface area (Å²) in [6.45, 7) is 1.54. The van der Waals surface area contributed by atoms with Crippen LogP contribution in [0.1, 0.15) is 18.5 Å². The van der Waals surface area contributed by atoms with Crippen LogP contribution < -0.4 is 16.8 Å². The summed E-state index contributed by atoms with van der Waals surface area (Å²) in [4.78, 5) is 22.6. The van der Waals surface area contributed by atoms with Gasteiger partial charge in [0, 0.05) is 0 Å². The van der Waals surface area contributed by atoms with E-state index in [2.05, 4.69) is 5.32 Å². The maximum absolute atomic E-state index is 11.4. The lowest BCUT2D eigenvalue weighted by molar-refractivity contribution is -0.128. The second-order valence-electron chi connectivity index (χ2n) is 3.54. The first-order valence-corrected chi connectivity index (χ1v) is 4.92. The minimum atomic E-state index is -0.834. The monoisotopic (exact) mass is 257 g/mol. The molecule has 0 heterocycles. The van der Waals surface area contributed by atoms with Crippen LogP contribution in [0.5, 0.6) is 0 Å². The van der Waals surface area contributed by atoms with Gasteiger partial charge in [-0.15, -0.1) is 12.4 Å². The molecule has 0 saturated heterocycles. The van der Waals surface area contributed by atoms with Gasteiger partial charge in [-0.3, -0.25) is 9.59 Å². The Morgan fingerprint density at radius 2 is 1.76 bits per heavy atom. The number of benzene rings is 1. The summed E-state index contributed by atoms with van der Waals surface area (Å²) < 4.78 is 0. The fourth-order valence-electron chi connectivity index (χ4n) is 1.24. The number of rotatable bonds is 4. The van der Waals surface area contributed by atoms with E-state index in [-0.39, 0.29) is 12.4 Å². The minimum Gasteiger partial charge on any atom is -0.368 e. The van der Waals surface area contributed by atoms with E-state index in [0.29, 0.717) is 5.56 Å². The van der Waals surface area contributed by atoms with Crippen LogP contribution >= 0.6 is 12.4 Å². The van der Waals surface area contributed by atoms with E-state index in [1.54, 1.807) is 31.2 Å². The molecule has 2 amide bonds. The number of carbonyl (C=O) groups is 2. The molecule has 2 atom stereocenters. The lowest BCUT2D eigenvalue weighted by Gasteiger charge is -2.17. The molecule has 1 aromatic carbocycles. The molecule has 5 N–H and O–H groups in total. The number of halogens is 1. The second-order valence-corrected chi connectivity index (χ2v) is 3.54. The Bertz CT molecular complexity index is 382. The average molecular weight is 258 g/mol. The molecule has 0 aliphatic carbocycles. The predicted molar refractivity (Wildman–Crippen MR) is 67.4 cm³/mol. The molecule has 17 heavy (non-hydrogen) atoms. The summed E-state index contributed by atoms with van der Waals surface area (Å²) in [5.74, 6) is -1.02. The van der Waals surface area contributed by atoms with Crippen LogP contribution in [0.25, 0.3) is 0 Å². The van der Waals surface area contributed by atoms with Crippen molar-refractivity contribution in [2.24, 2.45) is 11.5 Å². The highest BCUT2D eigenvalue weighted by Crippen LogP contribution is 2.11. The summed E-state index contributed by atoms with van der Waals surface area (Å²) >= 11 is 0. The van der Waals surface area contributed by atoms with Crippen LogP contribution in [-0.2, 0) is 9.59 Å². The van der Waals surface area contributed by atoms with Gasteiger partial charge in [-0.2, -0.15) is 0 Å². The van der Waals surface area contributed by atoms with Gasteiger partial charge in [-0.05, 0) is 12.5 Å². The van der Waals surface area contributed by atoms with Gasteiger partial charge in [0.25, 0.3) is 0 Å². The van der Waals surface area contributed by atoms with E-state index in [1.165, 1.54) is 0 Å². The van der Waals surface area contributed by atoms with E-state index >= 15 is 0 Å². The Kier molecular flexibility index (Phi) is 6.23. The van der Waals surface area contributed by atoms with Gasteiger partial charge >= 0.3 is 0 Å². The average Bonchev–Trinajstić information content (AvgIpc) is 2.26. The normalized spacial score (nSPS) is 13.1. The lowest BCUT2D eigenvalue weighted by Crippen LogP contribution is -2.44. The van der Waals surface area contributed by atoms with Crippen molar-refractivity contribution in [2.45, 2.75) is 19.0 Å². The third-order valence-electron chi connectivity index (χ3n) is 2.12. The van der Waals surface area contributed by atoms with Crippen LogP contribution in [0, 0.1) is 0 Å². The Morgan fingerprint density at radius 3 is 2.18 bits per heavy atom. The SMILES string of the molecule is CC(N)C(=O)NC(C(N)=O)c1ccccc1.Cl. The molecule has 0 aliphatic heterocycles. The van der Waals surface area contributed by atoms with Crippen LogP contribution in [0.4, 0.5) is 0 Å². The zero-order valence-corrected chi connectivity index (χ0v) is 10.2. The minimum absolute atomic E-state index is 0. The maximum atomic E-state index is 11.4. The maximum Gasteiger partial charge on any atom is 0.244 e. The summed E-state index contributed by atoms with van der Waals surface area (Å²) in [5.41, 5.74) is 11.3. The first-order chi connectivity index (χ1) is 7.52. The van der Waals surface area contributed by atoms with Crippen molar-refractivity contribution in [2.75, 3.05) is 0 Å². The molecule has 0 radical (unpaired) electrons. The molecule has 1 rings (SSSR count). The zero-order chi connectivity index (χ0) is 12.1. The van der Waals surface area contributed by atoms with Crippen molar-refractivity contribution in [3.8, 4) is 0 Å². The molecule has 0 aromatic heterocycles. The molecular formula is C11H16ClN3O2. The van der Waals surface area contributed by atoms with Crippen LogP contribution in [-0.4, -0.2) is 17.9 Å². The van der Waals surface area contributed by atoms with Crippen molar-refractivity contribution >= 4 is 24.2 Å². The van der Waals surface area contributed by atoms with E-state index in [4.69, 9.17) is 11.5 Å². The van der Waals surface area contributed by atoms with Gasteiger partial charge in [0.15, 0.2) is 0 Å². The summed E-state index contributed by atoms with van der Waals surface area (Å²) in [6.07, 6.45) is 0. The molecule has 1 aromatic rings. The molecule has 0 bridgehead atoms. The number of carbonyl (C=O) groups excluding carboxylic acids is 2. The smallest absolute Gasteiger partial charge is 0.244 e. The highest BCUT2D eigenvalue weighted by molar-refractivity contribution is 5.89. The van der Waals surface area contributed by atoms with Crippen LogP contribution in [0.3, 0.4) is 0 Å². The predicted octanol–water partition coefficient (Wildman–Crippen LogP) is 0.0982. The molecule has 5 nitrogen and oxygen atoms in total. The topological polar surface area (TPSA) is 98.2 Å². The number of nitrogens with one attached hydrogen (secondary N) is 1. The van der Waals surface area contributed by atoms with Gasteiger partial charge in [0.2, 0.25) is 11.8 Å². The van der Waals surface area contributed by atoms with E-state index in [9.17, 15) is 9.59 Å². The van der Waals surface area contributed by atoms with Crippen molar-refractivity contribution < 1.29 is 9.59 Å². The zero-order valence-electron chi connectivity index (χ0n) is 9.42. The molecule has 2 unspecified atom stereocenters. The van der Waals surface area contributed by atoms with Crippen LogP contribution in [0.2, 0.25) is 0 Å². The Morgan fingerprint density at radius 1 is 1.24 bits per heavy atom. The molecule has 0 aliphatic rings. The Hall–Kier alpha value is -1.59. The largest absolute Gasteiger partial charge is 0.368 e.